The zero-order valence-corrected chi connectivity index (χ0v) is 14.1. The average molecular weight is 363 g/mol. The van der Waals surface area contributed by atoms with Crippen LogP contribution in [0.5, 0.6) is 0 Å². The smallest absolute Gasteiger partial charge is 0.269 e. The Hall–Kier alpha value is -2.17. The van der Waals surface area contributed by atoms with Gasteiger partial charge >= 0.3 is 0 Å². The highest BCUT2D eigenvalue weighted by atomic mass is 32.2. The first-order chi connectivity index (χ1) is 11.7. The molecule has 4 rings (SSSR count). The third kappa shape index (κ3) is 2.62. The summed E-state index contributed by atoms with van der Waals surface area (Å²) in [6.45, 7) is 1.10. The van der Waals surface area contributed by atoms with Crippen molar-refractivity contribution in [1.82, 2.24) is 24.6 Å². The van der Waals surface area contributed by atoms with Crippen LogP contribution in [0.1, 0.15) is 12.8 Å². The minimum atomic E-state index is -3.54. The number of aromatic nitrogens is 4. The zero-order valence-electron chi connectivity index (χ0n) is 12.5. The predicted molar refractivity (Wildman–Crippen MR) is 86.6 cm³/mol. The van der Waals surface area contributed by atoms with Crippen molar-refractivity contribution in [3.05, 3.63) is 29.8 Å². The van der Waals surface area contributed by atoms with E-state index in [1.165, 1.54) is 15.6 Å². The van der Waals surface area contributed by atoms with E-state index in [1.807, 2.05) is 0 Å². The summed E-state index contributed by atoms with van der Waals surface area (Å²) in [7, 11) is -3.54. The molecule has 1 fully saturated rings. The molecule has 3 aromatic heterocycles. The van der Waals surface area contributed by atoms with Crippen LogP contribution in [0.3, 0.4) is 0 Å². The van der Waals surface area contributed by atoms with E-state index >= 15 is 0 Å². The third-order valence-electron chi connectivity index (χ3n) is 3.73. The van der Waals surface area contributed by atoms with Gasteiger partial charge in [0.25, 0.3) is 5.89 Å². The van der Waals surface area contributed by atoms with Crippen LogP contribution in [0, 0.1) is 0 Å². The fraction of sp³-hybridized carbons (Fsp3) is 0.286. The quantitative estimate of drug-likeness (QED) is 0.699. The minimum Gasteiger partial charge on any atom is -0.333 e. The molecule has 0 spiro atoms. The van der Waals surface area contributed by atoms with Crippen LogP contribution < -0.4 is 0 Å². The number of sulfonamides is 1. The fourth-order valence-corrected chi connectivity index (χ4v) is 5.40. The maximum Gasteiger partial charge on any atom is 0.269 e. The van der Waals surface area contributed by atoms with Crippen molar-refractivity contribution in [2.45, 2.75) is 17.7 Å². The first kappa shape index (κ1) is 15.4. The summed E-state index contributed by atoms with van der Waals surface area (Å²) in [6, 6.07) is 5.00. The molecule has 124 valence electrons. The van der Waals surface area contributed by atoms with Crippen molar-refractivity contribution in [2.24, 2.45) is 0 Å². The van der Waals surface area contributed by atoms with Crippen molar-refractivity contribution < 1.29 is 12.9 Å². The molecule has 4 heterocycles. The molecular weight excluding hydrogens is 350 g/mol. The first-order valence-corrected chi connectivity index (χ1v) is 9.68. The molecule has 1 aliphatic heterocycles. The average Bonchev–Trinajstić information content (AvgIpc) is 3.35. The van der Waals surface area contributed by atoms with Crippen molar-refractivity contribution in [3.8, 4) is 22.3 Å². The van der Waals surface area contributed by atoms with Crippen molar-refractivity contribution in [3.63, 3.8) is 0 Å². The molecule has 24 heavy (non-hydrogen) atoms. The molecule has 1 aliphatic rings. The summed E-state index contributed by atoms with van der Waals surface area (Å²) in [4.78, 5) is 4.93. The Labute approximate surface area is 142 Å². The number of nitrogens with zero attached hydrogens (tertiary/aromatic N) is 5. The zero-order chi connectivity index (χ0) is 16.6. The maximum atomic E-state index is 12.8. The molecule has 0 aliphatic carbocycles. The highest BCUT2D eigenvalue weighted by molar-refractivity contribution is 7.89. The molecule has 0 amide bonds. The Morgan fingerprint density at radius 2 is 2.04 bits per heavy atom. The Balaban J connectivity index is 1.72. The molecule has 0 atom stereocenters. The summed E-state index contributed by atoms with van der Waals surface area (Å²) >= 11 is 1.26. The van der Waals surface area contributed by atoms with Crippen LogP contribution in [0.4, 0.5) is 0 Å². The van der Waals surface area contributed by atoms with Crippen molar-refractivity contribution >= 4 is 21.4 Å². The fourth-order valence-electron chi connectivity index (χ4n) is 2.56. The molecule has 10 heteroatoms. The normalized spacial score (nSPS) is 15.8. The highest BCUT2D eigenvalue weighted by Gasteiger charge is 2.32. The SMILES string of the molecule is O=S(=O)(c1ccsc1-c1nc(-c2cccnn2)no1)N1CCCC1. The molecule has 0 radical (unpaired) electrons. The van der Waals surface area contributed by atoms with Gasteiger partial charge in [-0.15, -0.1) is 16.4 Å². The van der Waals surface area contributed by atoms with Crippen LogP contribution in [0.25, 0.3) is 22.3 Å². The van der Waals surface area contributed by atoms with Crippen LogP contribution in [-0.2, 0) is 10.0 Å². The summed E-state index contributed by atoms with van der Waals surface area (Å²) in [5.74, 6) is 0.444. The lowest BCUT2D eigenvalue weighted by Crippen LogP contribution is -2.27. The third-order valence-corrected chi connectivity index (χ3v) is 6.71. The van der Waals surface area contributed by atoms with Gasteiger partial charge in [0.15, 0.2) is 0 Å². The molecular formula is C14H13N5O3S2. The van der Waals surface area contributed by atoms with E-state index in [0.717, 1.165) is 12.8 Å². The van der Waals surface area contributed by atoms with Gasteiger partial charge in [-0.05, 0) is 36.4 Å². The standard InChI is InChI=1S/C14H13N5O3S2/c20-24(21,19-7-1-2-8-19)11-5-9-23-12(11)14-16-13(18-22-14)10-4-3-6-15-17-10/h3-6,9H,1-2,7-8H2. The van der Waals surface area contributed by atoms with E-state index in [2.05, 4.69) is 20.3 Å². The van der Waals surface area contributed by atoms with Gasteiger partial charge < -0.3 is 4.52 Å². The lowest BCUT2D eigenvalue weighted by molar-refractivity contribution is 0.431. The van der Waals surface area contributed by atoms with E-state index in [-0.39, 0.29) is 16.6 Å². The summed E-state index contributed by atoms with van der Waals surface area (Å²) in [5.41, 5.74) is 0.466. The summed E-state index contributed by atoms with van der Waals surface area (Å²) in [6.07, 6.45) is 3.32. The van der Waals surface area contributed by atoms with Gasteiger partial charge in [-0.3, -0.25) is 0 Å². The van der Waals surface area contributed by atoms with E-state index < -0.39 is 10.0 Å². The van der Waals surface area contributed by atoms with Gasteiger partial charge in [0, 0.05) is 19.3 Å². The van der Waals surface area contributed by atoms with Crippen LogP contribution in [0.2, 0.25) is 0 Å². The van der Waals surface area contributed by atoms with Gasteiger partial charge in [-0.2, -0.15) is 14.4 Å². The van der Waals surface area contributed by atoms with Crippen molar-refractivity contribution in [1.29, 1.82) is 0 Å². The van der Waals surface area contributed by atoms with Gasteiger partial charge in [0.05, 0.1) is 0 Å². The monoisotopic (exact) mass is 363 g/mol. The number of hydrogen-bond acceptors (Lipinski definition) is 8. The number of hydrogen-bond donors (Lipinski definition) is 0. The second kappa shape index (κ2) is 6.04. The maximum absolute atomic E-state index is 12.8. The molecule has 3 aromatic rings. The van der Waals surface area contributed by atoms with Crippen LogP contribution in [-0.4, -0.2) is 46.2 Å². The Kier molecular flexibility index (Phi) is 3.87. The van der Waals surface area contributed by atoms with E-state index in [9.17, 15) is 8.42 Å². The highest BCUT2D eigenvalue weighted by Crippen LogP contribution is 2.35. The molecule has 0 aromatic carbocycles. The lowest BCUT2D eigenvalue weighted by Gasteiger charge is -2.14. The topological polar surface area (TPSA) is 102 Å². The minimum absolute atomic E-state index is 0.170. The second-order valence-electron chi connectivity index (χ2n) is 5.26. The van der Waals surface area contributed by atoms with Crippen molar-refractivity contribution in [2.75, 3.05) is 13.1 Å². The molecule has 0 bridgehead atoms. The molecule has 0 unspecified atom stereocenters. The lowest BCUT2D eigenvalue weighted by atomic mass is 10.4. The van der Waals surface area contributed by atoms with E-state index in [0.29, 0.717) is 23.7 Å². The van der Waals surface area contributed by atoms with Gasteiger partial charge in [-0.25, -0.2) is 8.42 Å². The van der Waals surface area contributed by atoms with Gasteiger partial charge in [0.2, 0.25) is 15.8 Å². The molecule has 0 N–H and O–H groups in total. The van der Waals surface area contributed by atoms with Gasteiger partial charge in [-0.1, -0.05) is 5.16 Å². The van der Waals surface area contributed by atoms with Gasteiger partial charge in [0.1, 0.15) is 15.5 Å². The Morgan fingerprint density at radius 3 is 2.79 bits per heavy atom. The number of thiophene rings is 1. The van der Waals surface area contributed by atoms with E-state index in [1.54, 1.807) is 29.8 Å². The Bertz CT molecular complexity index is 946. The summed E-state index contributed by atoms with van der Waals surface area (Å²) in [5, 5.41) is 13.3. The largest absolute Gasteiger partial charge is 0.333 e. The summed E-state index contributed by atoms with van der Waals surface area (Å²) < 4.78 is 32.3. The van der Waals surface area contributed by atoms with E-state index in [4.69, 9.17) is 4.52 Å². The molecule has 0 saturated carbocycles. The second-order valence-corrected chi connectivity index (χ2v) is 8.08. The Morgan fingerprint density at radius 1 is 1.21 bits per heavy atom. The first-order valence-electron chi connectivity index (χ1n) is 7.36. The molecule has 1 saturated heterocycles. The van der Waals surface area contributed by atoms with Crippen LogP contribution >= 0.6 is 11.3 Å². The predicted octanol–water partition coefficient (Wildman–Crippen LogP) is 2.04. The number of rotatable bonds is 4. The molecule has 8 nitrogen and oxygen atoms in total. The van der Waals surface area contributed by atoms with Crippen LogP contribution in [0.15, 0.2) is 39.2 Å².